The second-order valence-electron chi connectivity index (χ2n) is 6.72. The standard InChI is InChI=1S/C20H25N3O2/c24-19(22-13-15-25-16-14-22)8-10-23-12-11-21-9-4-7-18(21)20(23)17-5-2-1-3-6-17/h1-7,9,20H,8,10-16H2. The Morgan fingerprint density at radius 3 is 2.60 bits per heavy atom. The van der Waals surface area contributed by atoms with Crippen LogP contribution in [-0.2, 0) is 16.1 Å². The third-order valence-electron chi connectivity index (χ3n) is 5.23. The second-order valence-corrected chi connectivity index (χ2v) is 6.72. The van der Waals surface area contributed by atoms with Gasteiger partial charge in [-0.15, -0.1) is 0 Å². The zero-order valence-corrected chi connectivity index (χ0v) is 14.5. The van der Waals surface area contributed by atoms with Crippen molar-refractivity contribution in [3.05, 3.63) is 59.9 Å². The monoisotopic (exact) mass is 339 g/mol. The van der Waals surface area contributed by atoms with Crippen LogP contribution in [0.15, 0.2) is 48.7 Å². The Balaban J connectivity index is 1.49. The lowest BCUT2D eigenvalue weighted by Crippen LogP contribution is -2.44. The SMILES string of the molecule is O=C(CCN1CCn2cccc2C1c1ccccc1)N1CCOCC1. The Kier molecular flexibility index (Phi) is 4.85. The van der Waals surface area contributed by atoms with Crippen LogP contribution in [0.25, 0.3) is 0 Å². The first kappa shape index (κ1) is 16.4. The molecule has 25 heavy (non-hydrogen) atoms. The van der Waals surface area contributed by atoms with E-state index in [1.165, 1.54) is 11.3 Å². The number of fused-ring (bicyclic) bond motifs is 1. The largest absolute Gasteiger partial charge is 0.378 e. The Morgan fingerprint density at radius 2 is 1.80 bits per heavy atom. The molecule has 1 aromatic heterocycles. The van der Waals surface area contributed by atoms with Crippen molar-refractivity contribution < 1.29 is 9.53 Å². The quantitative estimate of drug-likeness (QED) is 0.857. The average Bonchev–Trinajstić information content (AvgIpc) is 3.15. The summed E-state index contributed by atoms with van der Waals surface area (Å²) in [6.07, 6.45) is 2.73. The van der Waals surface area contributed by atoms with E-state index in [1.54, 1.807) is 0 Å². The molecule has 1 fully saturated rings. The van der Waals surface area contributed by atoms with Crippen LogP contribution in [0.2, 0.25) is 0 Å². The lowest BCUT2D eigenvalue weighted by atomic mass is 9.99. The van der Waals surface area contributed by atoms with Gasteiger partial charge in [0.15, 0.2) is 0 Å². The molecule has 0 radical (unpaired) electrons. The van der Waals surface area contributed by atoms with E-state index in [2.05, 4.69) is 58.1 Å². The Hall–Kier alpha value is -2.11. The summed E-state index contributed by atoms with van der Waals surface area (Å²) < 4.78 is 7.67. The predicted octanol–water partition coefficient (Wildman–Crippen LogP) is 2.14. The molecule has 1 unspecified atom stereocenters. The van der Waals surface area contributed by atoms with Crippen LogP contribution in [0.5, 0.6) is 0 Å². The number of aromatic nitrogens is 1. The maximum absolute atomic E-state index is 12.5. The van der Waals surface area contributed by atoms with Crippen LogP contribution < -0.4 is 0 Å². The maximum Gasteiger partial charge on any atom is 0.224 e. The molecule has 3 heterocycles. The Morgan fingerprint density at radius 1 is 1.00 bits per heavy atom. The van der Waals surface area contributed by atoms with Gasteiger partial charge in [0.05, 0.1) is 19.3 Å². The highest BCUT2D eigenvalue weighted by molar-refractivity contribution is 5.76. The second kappa shape index (κ2) is 7.42. The summed E-state index contributed by atoms with van der Waals surface area (Å²) in [6, 6.07) is 15.2. The number of rotatable bonds is 4. The van der Waals surface area contributed by atoms with Crippen molar-refractivity contribution in [1.29, 1.82) is 0 Å². The van der Waals surface area contributed by atoms with Gasteiger partial charge >= 0.3 is 0 Å². The van der Waals surface area contributed by atoms with Gasteiger partial charge in [0.25, 0.3) is 0 Å². The highest BCUT2D eigenvalue weighted by Crippen LogP contribution is 2.32. The topological polar surface area (TPSA) is 37.7 Å². The van der Waals surface area contributed by atoms with E-state index in [1.807, 2.05) is 4.90 Å². The first-order chi connectivity index (χ1) is 12.3. The molecule has 1 atom stereocenters. The first-order valence-corrected chi connectivity index (χ1v) is 9.12. The highest BCUT2D eigenvalue weighted by atomic mass is 16.5. The highest BCUT2D eigenvalue weighted by Gasteiger charge is 2.29. The zero-order chi connectivity index (χ0) is 17.1. The molecule has 132 valence electrons. The molecular formula is C20H25N3O2. The molecule has 0 aliphatic carbocycles. The van der Waals surface area contributed by atoms with Crippen molar-refractivity contribution >= 4 is 5.91 Å². The summed E-state index contributed by atoms with van der Waals surface area (Å²) in [6.45, 7) is 5.52. The van der Waals surface area contributed by atoms with Crippen LogP contribution in [0.3, 0.4) is 0 Å². The smallest absolute Gasteiger partial charge is 0.224 e. The third-order valence-corrected chi connectivity index (χ3v) is 5.23. The number of hydrogen-bond acceptors (Lipinski definition) is 3. The molecule has 2 aromatic rings. The first-order valence-electron chi connectivity index (χ1n) is 9.12. The summed E-state index contributed by atoms with van der Waals surface area (Å²) >= 11 is 0. The normalized spacial score (nSPS) is 21.1. The molecular weight excluding hydrogens is 314 g/mol. The van der Waals surface area contributed by atoms with Crippen molar-refractivity contribution in [3.63, 3.8) is 0 Å². The van der Waals surface area contributed by atoms with E-state index >= 15 is 0 Å². The fourth-order valence-corrected chi connectivity index (χ4v) is 3.90. The molecule has 2 aliphatic rings. The molecule has 4 rings (SSSR count). The lowest BCUT2D eigenvalue weighted by molar-refractivity contribution is -0.135. The number of morpholine rings is 1. The molecule has 5 heteroatoms. The molecule has 0 saturated carbocycles. The van der Waals surface area contributed by atoms with Crippen molar-refractivity contribution in [2.45, 2.75) is 19.0 Å². The summed E-state index contributed by atoms with van der Waals surface area (Å²) in [5, 5.41) is 0. The minimum Gasteiger partial charge on any atom is -0.378 e. The minimum absolute atomic E-state index is 0.224. The van der Waals surface area contributed by atoms with Crippen LogP contribution in [0.4, 0.5) is 0 Å². The van der Waals surface area contributed by atoms with E-state index in [0.29, 0.717) is 19.6 Å². The number of benzene rings is 1. The Labute approximate surface area is 148 Å². The number of hydrogen-bond donors (Lipinski definition) is 0. The maximum atomic E-state index is 12.5. The summed E-state index contributed by atoms with van der Waals surface area (Å²) in [5.74, 6) is 0.246. The molecule has 0 N–H and O–H groups in total. The van der Waals surface area contributed by atoms with Crippen molar-refractivity contribution in [2.75, 3.05) is 39.4 Å². The summed E-state index contributed by atoms with van der Waals surface area (Å²) in [4.78, 5) is 16.9. The number of amides is 1. The number of carbonyl (C=O) groups is 1. The van der Waals surface area contributed by atoms with Gasteiger partial charge in [-0.05, 0) is 17.7 Å². The third kappa shape index (κ3) is 3.48. The van der Waals surface area contributed by atoms with Gasteiger partial charge in [-0.3, -0.25) is 9.69 Å². The Bertz CT molecular complexity index is 707. The van der Waals surface area contributed by atoms with Gasteiger partial charge in [-0.25, -0.2) is 0 Å². The van der Waals surface area contributed by atoms with Gasteiger partial charge in [0, 0.05) is 51.0 Å². The molecule has 0 spiro atoms. The van der Waals surface area contributed by atoms with E-state index < -0.39 is 0 Å². The van der Waals surface area contributed by atoms with Gasteiger partial charge < -0.3 is 14.2 Å². The van der Waals surface area contributed by atoms with E-state index in [-0.39, 0.29) is 11.9 Å². The van der Waals surface area contributed by atoms with Gasteiger partial charge in [-0.2, -0.15) is 0 Å². The number of carbonyl (C=O) groups excluding carboxylic acids is 1. The zero-order valence-electron chi connectivity index (χ0n) is 14.5. The molecule has 5 nitrogen and oxygen atoms in total. The van der Waals surface area contributed by atoms with Gasteiger partial charge in [-0.1, -0.05) is 30.3 Å². The fourth-order valence-electron chi connectivity index (χ4n) is 3.90. The van der Waals surface area contributed by atoms with Crippen LogP contribution >= 0.6 is 0 Å². The van der Waals surface area contributed by atoms with E-state index in [4.69, 9.17) is 4.74 Å². The summed E-state index contributed by atoms with van der Waals surface area (Å²) in [7, 11) is 0. The number of ether oxygens (including phenoxy) is 1. The van der Waals surface area contributed by atoms with E-state index in [0.717, 1.165) is 32.7 Å². The van der Waals surface area contributed by atoms with Gasteiger partial charge in [0.1, 0.15) is 0 Å². The predicted molar refractivity (Wildman–Crippen MR) is 96.3 cm³/mol. The van der Waals surface area contributed by atoms with Crippen molar-refractivity contribution in [2.24, 2.45) is 0 Å². The minimum atomic E-state index is 0.224. The summed E-state index contributed by atoms with van der Waals surface area (Å²) in [5.41, 5.74) is 2.61. The molecule has 0 bridgehead atoms. The molecule has 1 amide bonds. The number of nitrogens with zero attached hydrogens (tertiary/aromatic N) is 3. The van der Waals surface area contributed by atoms with Crippen LogP contribution in [0, 0.1) is 0 Å². The van der Waals surface area contributed by atoms with Gasteiger partial charge in [0.2, 0.25) is 5.91 Å². The van der Waals surface area contributed by atoms with Crippen molar-refractivity contribution in [3.8, 4) is 0 Å². The molecule has 1 saturated heterocycles. The van der Waals surface area contributed by atoms with Crippen LogP contribution in [-0.4, -0.2) is 59.7 Å². The average molecular weight is 339 g/mol. The fraction of sp³-hybridized carbons (Fsp3) is 0.450. The molecule has 2 aliphatic heterocycles. The molecule has 1 aromatic carbocycles. The van der Waals surface area contributed by atoms with Crippen LogP contribution in [0.1, 0.15) is 23.7 Å². The lowest BCUT2D eigenvalue weighted by Gasteiger charge is -2.37. The van der Waals surface area contributed by atoms with E-state index in [9.17, 15) is 4.79 Å². The van der Waals surface area contributed by atoms with Crippen molar-refractivity contribution in [1.82, 2.24) is 14.4 Å².